The van der Waals surface area contributed by atoms with Crippen LogP contribution in [0.3, 0.4) is 0 Å². The van der Waals surface area contributed by atoms with Gasteiger partial charge >= 0.3 is 0 Å². The molecule has 53 heavy (non-hydrogen) atoms. The van der Waals surface area contributed by atoms with Gasteiger partial charge in [-0.15, -0.1) is 0 Å². The third-order valence-corrected chi connectivity index (χ3v) is 13.3. The van der Waals surface area contributed by atoms with Crippen molar-refractivity contribution in [3.05, 3.63) is 156 Å². The van der Waals surface area contributed by atoms with Crippen LogP contribution in [0.25, 0.3) is 43.8 Å². The first-order valence-electron chi connectivity index (χ1n) is 20.1. The average molecular weight is 693 g/mol. The molecule has 3 aliphatic carbocycles. The van der Waals surface area contributed by atoms with Gasteiger partial charge < -0.3 is 9.47 Å². The van der Waals surface area contributed by atoms with Gasteiger partial charge in [0.1, 0.15) is 0 Å². The van der Waals surface area contributed by atoms with E-state index in [1.165, 1.54) is 103 Å². The molecule has 1 unspecified atom stereocenters. The van der Waals surface area contributed by atoms with Gasteiger partial charge in [0.25, 0.3) is 0 Å². The molecule has 1 aromatic heterocycles. The standard InChI is InChI=1S/C51H52N2/c1-6-8-16-35(7-2)36-23-26-39(27-24-36)52(41-29-31-46-43-21-14-15-22-45(43)50(3,4)51(46,5)34-41)40-28-30-44-48(33-40)53(38-18-10-9-11-19-38)47-32-25-37-17-12-13-20-42(37)49(44)47/h10,12-15,17-33,35H,6-9,11,16,34H2,1-5H3/t35?,51-/m0/s1. The molecule has 0 fully saturated rings. The first-order valence-corrected chi connectivity index (χ1v) is 20.1. The molecule has 1 heterocycles. The summed E-state index contributed by atoms with van der Waals surface area (Å²) in [6, 6.07) is 39.4. The maximum absolute atomic E-state index is 2.57. The van der Waals surface area contributed by atoms with Gasteiger partial charge in [-0.25, -0.2) is 0 Å². The highest BCUT2D eigenvalue weighted by Crippen LogP contribution is 2.62. The summed E-state index contributed by atoms with van der Waals surface area (Å²) in [6.45, 7) is 12.1. The first-order chi connectivity index (χ1) is 25.8. The maximum Gasteiger partial charge on any atom is 0.0562 e. The van der Waals surface area contributed by atoms with E-state index in [2.05, 4.69) is 178 Å². The molecule has 5 aromatic carbocycles. The van der Waals surface area contributed by atoms with Crippen LogP contribution in [0, 0.1) is 5.41 Å². The molecule has 0 saturated heterocycles. The van der Waals surface area contributed by atoms with Crippen molar-refractivity contribution in [1.82, 2.24) is 4.57 Å². The fourth-order valence-corrected chi connectivity index (χ4v) is 9.93. The molecule has 3 aliphatic rings. The lowest BCUT2D eigenvalue weighted by atomic mass is 9.62. The van der Waals surface area contributed by atoms with Crippen LogP contribution in [0.15, 0.2) is 139 Å². The molecule has 0 saturated carbocycles. The minimum atomic E-state index is -0.0396. The van der Waals surface area contributed by atoms with Crippen molar-refractivity contribution >= 4 is 55.2 Å². The predicted molar refractivity (Wildman–Crippen MR) is 229 cm³/mol. The molecule has 2 nitrogen and oxygen atoms in total. The summed E-state index contributed by atoms with van der Waals surface area (Å²) in [5.41, 5.74) is 13.3. The molecule has 0 radical (unpaired) electrons. The monoisotopic (exact) mass is 692 g/mol. The van der Waals surface area contributed by atoms with Crippen LogP contribution in [-0.2, 0) is 5.41 Å². The summed E-state index contributed by atoms with van der Waals surface area (Å²) < 4.78 is 2.52. The number of fused-ring (bicyclic) bond motifs is 8. The van der Waals surface area contributed by atoms with Gasteiger partial charge in [-0.3, -0.25) is 0 Å². The summed E-state index contributed by atoms with van der Waals surface area (Å²) in [5, 5.41) is 5.23. The van der Waals surface area contributed by atoms with Crippen LogP contribution >= 0.6 is 0 Å². The van der Waals surface area contributed by atoms with Crippen LogP contribution in [0.4, 0.5) is 11.4 Å². The molecule has 0 bridgehead atoms. The molecule has 2 heteroatoms. The molecular weight excluding hydrogens is 641 g/mol. The Kier molecular flexibility index (Phi) is 8.34. The Labute approximate surface area is 315 Å². The van der Waals surface area contributed by atoms with Gasteiger partial charge in [-0.1, -0.05) is 138 Å². The highest BCUT2D eigenvalue weighted by atomic mass is 15.2. The van der Waals surface area contributed by atoms with Crippen molar-refractivity contribution in [2.75, 3.05) is 4.90 Å². The number of anilines is 2. The molecule has 0 spiro atoms. The molecular formula is C51H52N2. The number of aromatic nitrogens is 1. The summed E-state index contributed by atoms with van der Waals surface area (Å²) in [6.07, 6.45) is 20.0. The highest BCUT2D eigenvalue weighted by Gasteiger charge is 2.53. The zero-order valence-electron chi connectivity index (χ0n) is 32.1. The third kappa shape index (κ3) is 5.28. The largest absolute Gasteiger partial charge is 0.314 e. The van der Waals surface area contributed by atoms with E-state index in [0.717, 1.165) is 19.3 Å². The van der Waals surface area contributed by atoms with Crippen molar-refractivity contribution in [2.24, 2.45) is 5.41 Å². The van der Waals surface area contributed by atoms with E-state index >= 15 is 0 Å². The number of allylic oxidation sites excluding steroid dienone is 8. The number of hydrogen-bond donors (Lipinski definition) is 0. The van der Waals surface area contributed by atoms with Crippen molar-refractivity contribution < 1.29 is 0 Å². The van der Waals surface area contributed by atoms with Gasteiger partial charge in [-0.2, -0.15) is 0 Å². The van der Waals surface area contributed by atoms with E-state index < -0.39 is 0 Å². The highest BCUT2D eigenvalue weighted by molar-refractivity contribution is 6.22. The van der Waals surface area contributed by atoms with Crippen molar-refractivity contribution in [3.8, 4) is 0 Å². The molecule has 9 rings (SSSR count). The number of hydrogen-bond acceptors (Lipinski definition) is 1. The smallest absolute Gasteiger partial charge is 0.0562 e. The number of benzene rings is 5. The molecule has 6 aromatic rings. The molecule has 0 aliphatic heterocycles. The Hall–Kier alpha value is -5.08. The summed E-state index contributed by atoms with van der Waals surface area (Å²) in [4.78, 5) is 2.57. The zero-order valence-corrected chi connectivity index (χ0v) is 32.1. The van der Waals surface area contributed by atoms with Gasteiger partial charge in [0.15, 0.2) is 0 Å². The minimum absolute atomic E-state index is 0.00465. The van der Waals surface area contributed by atoms with Crippen molar-refractivity contribution in [2.45, 2.75) is 90.9 Å². The lowest BCUT2D eigenvalue weighted by Crippen LogP contribution is -2.38. The minimum Gasteiger partial charge on any atom is -0.314 e. The SMILES string of the molecule is CCCCC(CC)c1ccc(N(C2=CC=C3c4ccccc4C(C)(C)[C@@]3(C)C2)c2ccc3c4c5ccccc5ccc4n(C4=CCCC=C4)c3c2)cc1. The average Bonchev–Trinajstić information content (AvgIpc) is 3.61. The van der Waals surface area contributed by atoms with Crippen LogP contribution < -0.4 is 4.90 Å². The van der Waals surface area contributed by atoms with Crippen molar-refractivity contribution in [1.29, 1.82) is 0 Å². The number of rotatable bonds is 9. The first kappa shape index (κ1) is 33.7. The quantitative estimate of drug-likeness (QED) is 0.146. The topological polar surface area (TPSA) is 8.17 Å². The third-order valence-electron chi connectivity index (χ3n) is 13.3. The molecule has 266 valence electrons. The fourth-order valence-electron chi connectivity index (χ4n) is 9.93. The second-order valence-corrected chi connectivity index (χ2v) is 16.4. The van der Waals surface area contributed by atoms with Gasteiger partial charge in [0, 0.05) is 44.4 Å². The van der Waals surface area contributed by atoms with E-state index in [1.54, 1.807) is 0 Å². The van der Waals surface area contributed by atoms with E-state index in [9.17, 15) is 0 Å². The number of unbranched alkanes of at least 4 members (excludes halogenated alkanes) is 1. The van der Waals surface area contributed by atoms with Crippen LogP contribution in [0.2, 0.25) is 0 Å². The van der Waals surface area contributed by atoms with Crippen molar-refractivity contribution in [3.63, 3.8) is 0 Å². The van der Waals surface area contributed by atoms with Crippen LogP contribution in [-0.4, -0.2) is 4.57 Å². The summed E-state index contributed by atoms with van der Waals surface area (Å²) in [7, 11) is 0. The predicted octanol–water partition coefficient (Wildman–Crippen LogP) is 14.6. The van der Waals surface area contributed by atoms with E-state index in [-0.39, 0.29) is 10.8 Å². The second kappa shape index (κ2) is 13.1. The Morgan fingerprint density at radius 2 is 1.55 bits per heavy atom. The summed E-state index contributed by atoms with van der Waals surface area (Å²) in [5.74, 6) is 0.604. The number of nitrogens with zero attached hydrogens (tertiary/aromatic N) is 2. The fraction of sp³-hybridized carbons (Fsp3) is 0.294. The van der Waals surface area contributed by atoms with Gasteiger partial charge in [0.05, 0.1) is 11.0 Å². The zero-order chi connectivity index (χ0) is 36.3. The Balaban J connectivity index is 1.25. The Morgan fingerprint density at radius 1 is 0.755 bits per heavy atom. The van der Waals surface area contributed by atoms with Crippen LogP contribution in [0.1, 0.15) is 102 Å². The van der Waals surface area contributed by atoms with E-state index in [1.807, 2.05) is 0 Å². The maximum atomic E-state index is 2.57. The summed E-state index contributed by atoms with van der Waals surface area (Å²) >= 11 is 0. The van der Waals surface area contributed by atoms with E-state index in [0.29, 0.717) is 5.92 Å². The lowest BCUT2D eigenvalue weighted by molar-refractivity contribution is 0.264. The second-order valence-electron chi connectivity index (χ2n) is 16.4. The van der Waals surface area contributed by atoms with E-state index in [4.69, 9.17) is 0 Å². The Morgan fingerprint density at radius 3 is 2.34 bits per heavy atom. The van der Waals surface area contributed by atoms with Gasteiger partial charge in [0.2, 0.25) is 0 Å². The Bertz CT molecular complexity index is 2500. The van der Waals surface area contributed by atoms with Crippen LogP contribution in [0.5, 0.6) is 0 Å². The molecule has 0 amide bonds. The normalized spacial score (nSPS) is 19.5. The lowest BCUT2D eigenvalue weighted by Gasteiger charge is -2.44. The molecule has 2 atom stereocenters. The molecule has 0 N–H and O–H groups in total. The van der Waals surface area contributed by atoms with Gasteiger partial charge in [-0.05, 0) is 114 Å².